The summed E-state index contributed by atoms with van der Waals surface area (Å²) in [5.74, 6) is 3.19. The van der Waals surface area contributed by atoms with Gasteiger partial charge in [0, 0.05) is 35.9 Å². The number of halogens is 10. The largest absolute Gasteiger partial charge is 0.393 e. The predicted molar refractivity (Wildman–Crippen MR) is 365 cm³/mol. The molecular formula is C64H59F10N21O19. The number of nitrogens with one attached hydrogen (secondary N) is 4. The number of aryl methyl sites for hydroxylation is 1. The Labute approximate surface area is 625 Å². The van der Waals surface area contributed by atoms with Gasteiger partial charge in [-0.1, -0.05) is 28.8 Å². The van der Waals surface area contributed by atoms with Crippen molar-refractivity contribution in [1.29, 1.82) is 0 Å². The van der Waals surface area contributed by atoms with Crippen LogP contribution in [0.25, 0.3) is 65.6 Å². The lowest BCUT2D eigenvalue weighted by Gasteiger charge is -2.23. The molecule has 10 aromatic heterocycles. The summed E-state index contributed by atoms with van der Waals surface area (Å²) in [6.45, 7) is -2.83. The van der Waals surface area contributed by atoms with E-state index in [4.69, 9.17) is 72.1 Å². The lowest BCUT2D eigenvalue weighted by atomic mass is 9.98. The van der Waals surface area contributed by atoms with Crippen LogP contribution in [0, 0.1) is 85.4 Å². The number of nitrogens with two attached hydrogens (primary N) is 3. The molecule has 0 amide bonds. The van der Waals surface area contributed by atoms with E-state index in [1.807, 2.05) is 23.7 Å². The second-order valence-corrected chi connectivity index (χ2v) is 25.4. The Morgan fingerprint density at radius 1 is 0.474 bits per heavy atom. The van der Waals surface area contributed by atoms with Crippen LogP contribution in [0.3, 0.4) is 0 Å². The highest BCUT2D eigenvalue weighted by molar-refractivity contribution is 5.88. The molecule has 0 radical (unpaired) electrons. The van der Waals surface area contributed by atoms with Crippen molar-refractivity contribution in [3.05, 3.63) is 131 Å². The highest BCUT2D eigenvalue weighted by Gasteiger charge is 2.60. The Morgan fingerprint density at radius 2 is 0.798 bits per heavy atom. The van der Waals surface area contributed by atoms with Gasteiger partial charge in [-0.15, -0.1) is 25.7 Å². The molecule has 5 fully saturated rings. The summed E-state index contributed by atoms with van der Waals surface area (Å²) in [5.41, 5.74) is 10.9. The Balaban J connectivity index is 0.000000141. The minimum absolute atomic E-state index is 0.00406. The van der Waals surface area contributed by atoms with Crippen LogP contribution in [-0.2, 0) is 23.7 Å². The zero-order chi connectivity index (χ0) is 83.7. The second kappa shape index (κ2) is 31.1. The van der Waals surface area contributed by atoms with E-state index in [2.05, 4.69) is 59.9 Å². The molecule has 0 bridgehead atoms. The molecule has 20 atom stereocenters. The number of terminal acetylenes is 4. The zero-order valence-electron chi connectivity index (χ0n) is 57.5. The molecule has 0 aromatic carbocycles. The molecule has 0 saturated carbocycles. The van der Waals surface area contributed by atoms with Crippen LogP contribution in [0.4, 0.5) is 61.4 Å². The minimum Gasteiger partial charge on any atom is -0.393 e. The number of azide groups is 1. The maximum absolute atomic E-state index is 14.5. The van der Waals surface area contributed by atoms with E-state index in [1.54, 1.807) is 0 Å². The van der Waals surface area contributed by atoms with Gasteiger partial charge in [-0.3, -0.25) is 42.4 Å². The van der Waals surface area contributed by atoms with Gasteiger partial charge in [-0.2, -0.15) is 9.97 Å². The first kappa shape index (κ1) is 82.9. The van der Waals surface area contributed by atoms with Gasteiger partial charge in [-0.25, -0.2) is 73.4 Å². The number of hydrogen-bond donors (Lipinski definition) is 17. The van der Waals surface area contributed by atoms with Crippen molar-refractivity contribution in [2.45, 2.75) is 128 Å². The van der Waals surface area contributed by atoms with Crippen molar-refractivity contribution in [3.63, 3.8) is 0 Å². The number of anilines is 3. The first-order valence-electron chi connectivity index (χ1n) is 32.3. The van der Waals surface area contributed by atoms with E-state index < -0.39 is 205 Å². The fraction of sp³-hybridized carbons (Fsp3) is 0.406. The Morgan fingerprint density at radius 3 is 1.15 bits per heavy atom. The number of fused-ring (bicyclic) bond motifs is 5. The predicted octanol–water partition coefficient (Wildman–Crippen LogP) is -2.32. The van der Waals surface area contributed by atoms with Crippen LogP contribution in [0.5, 0.6) is 0 Å². The Hall–Kier alpha value is -12.0. The average Bonchev–Trinajstić information content (AvgIpc) is 2.18. The maximum atomic E-state index is 14.5. The van der Waals surface area contributed by atoms with Crippen molar-refractivity contribution < 1.29 is 119 Å². The highest BCUT2D eigenvalue weighted by Crippen LogP contribution is 2.46. The smallest absolute Gasteiger partial charge is 0.348 e. The van der Waals surface area contributed by atoms with E-state index >= 15 is 0 Å². The summed E-state index contributed by atoms with van der Waals surface area (Å²) in [6.07, 6.45) is -0.278. The Kier molecular flexibility index (Phi) is 22.6. The van der Waals surface area contributed by atoms with Crippen LogP contribution < -0.4 is 39.7 Å². The standard InChI is InChI=1S/C14H13F2N3O4.C13H12F2N4O4.C13H12F2N4O3.C13H11F2N3O4.C11H11F2N7O4/c1-3-14(5-20)10(21)9(16)13(23-14)19-4-7(15)8-11(19)17-6(2)18-12(8)22;1-2-13(4-20)8(21)7(15)11(23-13)19-3-5(14)6-9(16)17-12(22)18-10(6)19;1-2-13(4-20)9(21)8(15)12(22-13)19-3-6(14)7-10(16)17-5-18-11(7)19;1-2-13(4-19)9(20)8(15)12(22-13)18-3-6(14)7-10(18)16-5-17-11(7)21;12-3-1-20(8-4(3)7(14)16-10(23)17-8)9-5(13)6(22)11(2-21,24-9)18-19-15/h1,4,9-10,13,20-21H,5H2,2H3,(H,17,18,22);1,3,7-8,11,20-21H,4H2,(H3,16,17,18,22);1,3,5,8-9,12,20-21H,4H2,(H2,16,17,18);1,3,5,8-9,12,19-20H,4H2,(H,16,17,21);1,5-6,9,21-22H,2H2,(H3,14,16,17,23). The number of aromatic amines is 4. The number of H-pyrrole nitrogens is 4. The van der Waals surface area contributed by atoms with Gasteiger partial charge in [0.1, 0.15) is 70.9 Å². The molecule has 604 valence electrons. The van der Waals surface area contributed by atoms with Gasteiger partial charge in [0.05, 0.1) is 55.5 Å². The number of nitrogen functional groups attached to an aromatic ring is 3. The lowest BCUT2D eigenvalue weighted by Crippen LogP contribution is -2.44. The molecule has 50 heteroatoms. The van der Waals surface area contributed by atoms with E-state index in [9.17, 15) is 114 Å². The molecule has 40 nitrogen and oxygen atoms in total. The molecule has 15 rings (SSSR count). The summed E-state index contributed by atoms with van der Waals surface area (Å²) in [6, 6.07) is 0. The minimum atomic E-state index is -2.29. The van der Waals surface area contributed by atoms with Crippen molar-refractivity contribution >= 4 is 72.6 Å². The quantitative estimate of drug-likeness (QED) is 0.0212. The van der Waals surface area contributed by atoms with Gasteiger partial charge in [0.15, 0.2) is 142 Å². The van der Waals surface area contributed by atoms with Crippen LogP contribution in [0.15, 0.2) is 67.9 Å². The van der Waals surface area contributed by atoms with Gasteiger partial charge < -0.3 is 102 Å². The molecule has 114 heavy (non-hydrogen) atoms. The summed E-state index contributed by atoms with van der Waals surface area (Å²) < 4.78 is 173. The van der Waals surface area contributed by atoms with Gasteiger partial charge in [0.2, 0.25) is 5.72 Å². The molecule has 20 unspecified atom stereocenters. The van der Waals surface area contributed by atoms with Crippen molar-refractivity contribution in [3.8, 4) is 49.4 Å². The molecule has 0 spiro atoms. The SMILES string of the molecule is C#CC1(CO)OC(n2cc(F)c3c(=O)[nH]c(C)nc32)C(F)C1O.C#CC1(CO)OC(n2cc(F)c3c(=O)[nH]cnc32)C(F)C1O.C#CC1(CO)OC(n2cc(F)c3c(N)[nH]c(=O)nc32)C(F)C1O.C#CC1(CO)OC(n2cc(F)c3c(N)ncnc32)C(F)C1O.[N-]=[N+]=NC1(CO)OC(n2cc(F)c3c(N)[nH]c(=O)nc32)C(F)C1O. The number of ether oxygens (including phenoxy) is 5. The molecule has 0 aliphatic carbocycles. The van der Waals surface area contributed by atoms with Crippen molar-refractivity contribution in [1.82, 2.24) is 72.7 Å². The second-order valence-electron chi connectivity index (χ2n) is 25.4. The summed E-state index contributed by atoms with van der Waals surface area (Å²) in [7, 11) is 0. The summed E-state index contributed by atoms with van der Waals surface area (Å²) >= 11 is 0. The van der Waals surface area contributed by atoms with Crippen molar-refractivity contribution in [2.24, 2.45) is 5.11 Å². The van der Waals surface area contributed by atoms with Crippen LogP contribution >= 0.6 is 0 Å². The first-order chi connectivity index (χ1) is 53.9. The number of aliphatic hydroxyl groups is 10. The van der Waals surface area contributed by atoms with Crippen LogP contribution in [0.1, 0.15) is 37.0 Å². The normalized spacial score (nSPS) is 30.8. The highest BCUT2D eigenvalue weighted by atomic mass is 19.2. The summed E-state index contributed by atoms with van der Waals surface area (Å²) in [5, 5.41) is 97.9. The number of alkyl halides is 5. The average molecular weight is 1620 g/mol. The van der Waals surface area contributed by atoms with Crippen molar-refractivity contribution in [2.75, 3.05) is 50.2 Å². The third kappa shape index (κ3) is 13.4. The number of nitrogens with zero attached hydrogens (tertiary/aromatic N) is 14. The molecule has 5 aliphatic rings. The van der Waals surface area contributed by atoms with Gasteiger partial charge in [0.25, 0.3) is 11.1 Å². The molecule has 5 aliphatic heterocycles. The molecule has 10 aromatic rings. The zero-order valence-corrected chi connectivity index (χ0v) is 57.5. The van der Waals surface area contributed by atoms with Gasteiger partial charge >= 0.3 is 11.4 Å². The van der Waals surface area contributed by atoms with E-state index in [1.165, 1.54) is 6.92 Å². The van der Waals surface area contributed by atoms with Crippen LogP contribution in [0.2, 0.25) is 0 Å². The third-order valence-electron chi connectivity index (χ3n) is 18.9. The van der Waals surface area contributed by atoms with Gasteiger partial charge in [-0.05, 0) is 12.5 Å². The monoisotopic (exact) mass is 1620 g/mol. The maximum Gasteiger partial charge on any atom is 0.348 e. The molecule has 5 saturated heterocycles. The third-order valence-corrected chi connectivity index (χ3v) is 18.9. The molecular weight excluding hydrogens is 1560 g/mol. The number of aliphatic hydroxyl groups excluding tert-OH is 10. The molecule has 15 heterocycles. The number of aromatic nitrogens is 15. The number of rotatable bonds is 11. The number of hydrogen-bond acceptors (Lipinski definition) is 29. The summed E-state index contributed by atoms with van der Waals surface area (Å²) in [4.78, 5) is 79.8. The van der Waals surface area contributed by atoms with Crippen LogP contribution in [-0.4, -0.2) is 246 Å². The molecule has 20 N–H and O–H groups in total. The van der Waals surface area contributed by atoms with E-state index in [0.29, 0.717) is 0 Å². The van der Waals surface area contributed by atoms with E-state index in [0.717, 1.165) is 66.5 Å². The first-order valence-corrected chi connectivity index (χ1v) is 32.3. The van der Waals surface area contributed by atoms with E-state index in [-0.39, 0.29) is 78.4 Å². The topological polar surface area (TPSA) is 609 Å². The fourth-order valence-electron chi connectivity index (χ4n) is 13.0. The Bertz CT molecular complexity index is 5840. The lowest BCUT2D eigenvalue weighted by molar-refractivity contribution is -0.122. The fourth-order valence-corrected chi connectivity index (χ4v) is 13.0.